The molecule has 0 bridgehead atoms. The molecule has 0 aromatic carbocycles. The highest BCUT2D eigenvalue weighted by molar-refractivity contribution is 8.00. The van der Waals surface area contributed by atoms with Gasteiger partial charge in [0.1, 0.15) is 12.6 Å². The molecule has 0 radical (unpaired) electrons. The molecule has 1 aliphatic rings. The first-order valence-electron chi connectivity index (χ1n) is 5.03. The number of carbonyl (C=O) groups excluding carboxylic acids is 2. The Morgan fingerprint density at radius 1 is 1.53 bits per heavy atom. The van der Waals surface area contributed by atoms with E-state index in [-0.39, 0.29) is 25.5 Å². The molecule has 2 amide bonds. The van der Waals surface area contributed by atoms with E-state index in [0.29, 0.717) is 11.6 Å². The van der Waals surface area contributed by atoms with Gasteiger partial charge in [0, 0.05) is 13.0 Å². The monoisotopic (exact) mass is 262 g/mol. The van der Waals surface area contributed by atoms with Crippen LogP contribution >= 0.6 is 11.8 Å². The Labute approximate surface area is 102 Å². The lowest BCUT2D eigenvalue weighted by molar-refractivity contribution is -0.142. The van der Waals surface area contributed by atoms with Crippen LogP contribution in [0.3, 0.4) is 0 Å². The van der Waals surface area contributed by atoms with Gasteiger partial charge in [-0.1, -0.05) is 0 Å². The van der Waals surface area contributed by atoms with Gasteiger partial charge in [0.25, 0.3) is 0 Å². The summed E-state index contributed by atoms with van der Waals surface area (Å²) in [6.07, 6.45) is -0.0518. The number of hydrogen-bond acceptors (Lipinski definition) is 5. The minimum atomic E-state index is -1.20. The average Bonchev–Trinajstić information content (AvgIpc) is 2.63. The van der Waals surface area contributed by atoms with Gasteiger partial charge < -0.3 is 20.4 Å². The summed E-state index contributed by atoms with van der Waals surface area (Å²) in [5.74, 6) is -1.05. The van der Waals surface area contributed by atoms with E-state index in [1.807, 2.05) is 0 Å². The second-order valence-corrected chi connectivity index (χ2v) is 4.49. The Morgan fingerprint density at radius 2 is 2.24 bits per heavy atom. The Kier molecular flexibility index (Phi) is 5.23. The number of hydrogen-bond donors (Lipinski definition) is 3. The topological polar surface area (TPSA) is 107 Å². The van der Waals surface area contributed by atoms with Gasteiger partial charge in [-0.3, -0.25) is 9.59 Å². The molecule has 0 aromatic rings. The normalized spacial score (nSPS) is 17.0. The number of rotatable bonds is 6. The van der Waals surface area contributed by atoms with Crippen molar-refractivity contribution in [2.45, 2.75) is 12.5 Å². The first kappa shape index (κ1) is 13.8. The molecule has 1 saturated heterocycles. The SMILES string of the molecule is O=C(CN1CSCC1=O)NC(CCO)C(=O)O. The van der Waals surface area contributed by atoms with E-state index < -0.39 is 17.9 Å². The maximum Gasteiger partial charge on any atom is 0.326 e. The number of amides is 2. The molecule has 1 atom stereocenters. The van der Waals surface area contributed by atoms with Gasteiger partial charge >= 0.3 is 5.97 Å². The predicted octanol–water partition coefficient (Wildman–Crippen LogP) is -1.53. The maximum atomic E-state index is 11.5. The summed E-state index contributed by atoms with van der Waals surface area (Å²) in [4.78, 5) is 34.8. The summed E-state index contributed by atoms with van der Waals surface area (Å²) in [6, 6.07) is -1.11. The first-order chi connectivity index (χ1) is 8.04. The van der Waals surface area contributed by atoms with Crippen LogP contribution in [0.4, 0.5) is 0 Å². The van der Waals surface area contributed by atoms with Crippen LogP contribution in [0, 0.1) is 0 Å². The van der Waals surface area contributed by atoms with Crippen molar-refractivity contribution >= 4 is 29.5 Å². The summed E-state index contributed by atoms with van der Waals surface area (Å²) in [6.45, 7) is -0.462. The van der Waals surface area contributed by atoms with Crippen LogP contribution in [0.15, 0.2) is 0 Å². The number of aliphatic carboxylic acids is 1. The van der Waals surface area contributed by atoms with E-state index >= 15 is 0 Å². The molecule has 8 heteroatoms. The Bertz CT molecular complexity index is 323. The molecular weight excluding hydrogens is 248 g/mol. The van der Waals surface area contributed by atoms with Crippen molar-refractivity contribution in [2.24, 2.45) is 0 Å². The van der Waals surface area contributed by atoms with Crippen LogP contribution in [0.2, 0.25) is 0 Å². The third kappa shape index (κ3) is 4.23. The number of aliphatic hydroxyl groups excluding tert-OH is 1. The Hall–Kier alpha value is -1.28. The molecule has 1 fully saturated rings. The van der Waals surface area contributed by atoms with Crippen LogP contribution in [0.1, 0.15) is 6.42 Å². The molecule has 7 nitrogen and oxygen atoms in total. The van der Waals surface area contributed by atoms with Gasteiger partial charge in [0.2, 0.25) is 11.8 Å². The van der Waals surface area contributed by atoms with E-state index in [0.717, 1.165) is 0 Å². The van der Waals surface area contributed by atoms with Gasteiger partial charge in [-0.15, -0.1) is 11.8 Å². The number of aliphatic hydroxyl groups is 1. The van der Waals surface area contributed by atoms with E-state index in [1.165, 1.54) is 16.7 Å². The van der Waals surface area contributed by atoms with E-state index in [2.05, 4.69) is 5.32 Å². The molecule has 1 heterocycles. The molecule has 0 spiro atoms. The standard InChI is InChI=1S/C9H14N2O5S/c12-2-1-6(9(15)16)10-7(13)3-11-5-17-4-8(11)14/h6,12H,1-5H2,(H,10,13)(H,15,16). The van der Waals surface area contributed by atoms with Crippen molar-refractivity contribution < 1.29 is 24.6 Å². The lowest BCUT2D eigenvalue weighted by Crippen LogP contribution is -2.46. The zero-order valence-electron chi connectivity index (χ0n) is 9.09. The molecule has 0 saturated carbocycles. The fraction of sp³-hybridized carbons (Fsp3) is 0.667. The third-order valence-corrected chi connectivity index (χ3v) is 3.16. The van der Waals surface area contributed by atoms with E-state index in [9.17, 15) is 14.4 Å². The highest BCUT2D eigenvalue weighted by Crippen LogP contribution is 2.13. The van der Waals surface area contributed by atoms with Crippen LogP contribution in [0.25, 0.3) is 0 Å². The van der Waals surface area contributed by atoms with Gasteiger partial charge in [-0.25, -0.2) is 4.79 Å². The molecule has 96 valence electrons. The molecule has 1 unspecified atom stereocenters. The van der Waals surface area contributed by atoms with Gasteiger partial charge in [-0.2, -0.15) is 0 Å². The summed E-state index contributed by atoms with van der Waals surface area (Å²) >= 11 is 1.41. The third-order valence-electron chi connectivity index (χ3n) is 2.21. The Balaban J connectivity index is 2.41. The van der Waals surface area contributed by atoms with Crippen molar-refractivity contribution in [3.63, 3.8) is 0 Å². The van der Waals surface area contributed by atoms with Crippen LogP contribution in [0.5, 0.6) is 0 Å². The molecule has 17 heavy (non-hydrogen) atoms. The molecule has 0 aliphatic carbocycles. The highest BCUT2D eigenvalue weighted by atomic mass is 32.2. The molecule has 0 aromatic heterocycles. The zero-order valence-corrected chi connectivity index (χ0v) is 9.90. The Morgan fingerprint density at radius 3 is 2.71 bits per heavy atom. The van der Waals surface area contributed by atoms with Crippen LogP contribution < -0.4 is 5.32 Å². The fourth-order valence-corrected chi connectivity index (χ4v) is 2.24. The zero-order chi connectivity index (χ0) is 12.8. The van der Waals surface area contributed by atoms with Crippen LogP contribution in [-0.2, 0) is 14.4 Å². The highest BCUT2D eigenvalue weighted by Gasteiger charge is 2.25. The minimum absolute atomic E-state index is 0.0518. The van der Waals surface area contributed by atoms with Crippen molar-refractivity contribution in [1.29, 1.82) is 0 Å². The second kappa shape index (κ2) is 6.45. The summed E-state index contributed by atoms with van der Waals surface area (Å²) in [7, 11) is 0. The number of nitrogens with zero attached hydrogens (tertiary/aromatic N) is 1. The molecule has 3 N–H and O–H groups in total. The molecule has 1 rings (SSSR count). The van der Waals surface area contributed by atoms with Crippen molar-refractivity contribution in [3.8, 4) is 0 Å². The summed E-state index contributed by atoms with van der Waals surface area (Å²) in [5.41, 5.74) is 0. The van der Waals surface area contributed by atoms with E-state index in [4.69, 9.17) is 10.2 Å². The predicted molar refractivity (Wildman–Crippen MR) is 60.3 cm³/mol. The second-order valence-electron chi connectivity index (χ2n) is 3.54. The fourth-order valence-electron chi connectivity index (χ4n) is 1.34. The molecule has 1 aliphatic heterocycles. The van der Waals surface area contributed by atoms with Gasteiger partial charge in [0.15, 0.2) is 0 Å². The molecular formula is C9H14N2O5S. The first-order valence-corrected chi connectivity index (χ1v) is 6.18. The number of carbonyl (C=O) groups is 3. The van der Waals surface area contributed by atoms with Gasteiger partial charge in [0.05, 0.1) is 11.6 Å². The number of nitrogens with one attached hydrogen (secondary N) is 1. The van der Waals surface area contributed by atoms with Crippen molar-refractivity contribution in [1.82, 2.24) is 10.2 Å². The minimum Gasteiger partial charge on any atom is -0.480 e. The maximum absolute atomic E-state index is 11.5. The summed E-state index contributed by atoms with van der Waals surface area (Å²) < 4.78 is 0. The van der Waals surface area contributed by atoms with E-state index in [1.54, 1.807) is 0 Å². The van der Waals surface area contributed by atoms with Gasteiger partial charge in [-0.05, 0) is 0 Å². The van der Waals surface area contributed by atoms with Crippen molar-refractivity contribution in [2.75, 3.05) is 24.8 Å². The van der Waals surface area contributed by atoms with Crippen LogP contribution in [-0.4, -0.2) is 63.7 Å². The average molecular weight is 262 g/mol. The lowest BCUT2D eigenvalue weighted by Gasteiger charge is -2.17. The number of carboxylic acids is 1. The quantitative estimate of drug-likeness (QED) is 0.536. The largest absolute Gasteiger partial charge is 0.480 e. The smallest absolute Gasteiger partial charge is 0.326 e. The number of thioether (sulfide) groups is 1. The lowest BCUT2D eigenvalue weighted by atomic mass is 10.2. The number of carboxylic acid groups (broad SMARTS) is 1. The van der Waals surface area contributed by atoms with Crippen molar-refractivity contribution in [3.05, 3.63) is 0 Å². The summed E-state index contributed by atoms with van der Waals surface area (Å²) in [5, 5.41) is 19.7.